The number of hydrogen-bond donors (Lipinski definition) is 0. The normalized spacial score (nSPS) is 13.4. The molecule has 0 bridgehead atoms. The van der Waals surface area contributed by atoms with E-state index >= 15 is 0 Å². The van der Waals surface area contributed by atoms with Crippen molar-refractivity contribution in [3.05, 3.63) is 182 Å². The fourth-order valence-corrected chi connectivity index (χ4v) is 7.76. The molecule has 0 aliphatic rings. The van der Waals surface area contributed by atoms with E-state index in [0.29, 0.717) is 19.3 Å². The smallest absolute Gasteiger partial charge is 0.306 e. The van der Waals surface area contributed by atoms with Crippen LogP contribution in [0.25, 0.3) is 0 Å². The molecule has 0 aromatic carbocycles. The van der Waals surface area contributed by atoms with Gasteiger partial charge in [0.05, 0.1) is 0 Å². The Hall–Kier alpha value is -5.49. The van der Waals surface area contributed by atoms with Crippen LogP contribution in [0.5, 0.6) is 0 Å². The third-order valence-corrected chi connectivity index (χ3v) is 12.4. The number of ether oxygens (including phenoxy) is 3. The van der Waals surface area contributed by atoms with Crippen LogP contribution < -0.4 is 0 Å². The first-order valence-electron chi connectivity index (χ1n) is 31.3. The Morgan fingerprint density at radius 2 is 0.519 bits per heavy atom. The van der Waals surface area contributed by atoms with Crippen LogP contribution in [-0.2, 0) is 28.6 Å². The predicted molar refractivity (Wildman–Crippen MR) is 343 cm³/mol. The second kappa shape index (κ2) is 65.0. The van der Waals surface area contributed by atoms with Crippen molar-refractivity contribution in [1.29, 1.82) is 0 Å². The molecule has 0 saturated heterocycles. The molecule has 0 aliphatic carbocycles. The molecule has 1 atom stereocenters. The Morgan fingerprint density at radius 3 is 0.835 bits per heavy atom. The van der Waals surface area contributed by atoms with Gasteiger partial charge in [-0.2, -0.15) is 0 Å². The number of carbonyl (C=O) groups is 3. The maximum atomic E-state index is 12.8. The SMILES string of the molecule is CC/C=C\C/C=C\C/C=C\C/C=C\C/C=C\C/C=C\C/C=C\C/C=C\CCCCCCCCC(=O)OCC(COC(=O)CCCCCCC/C=C\CCCC)OC(=O)CC/C=C\C/C=C\C/C=C\C/C=C\C/C=C\C/C=C\CC. The van der Waals surface area contributed by atoms with Crippen molar-refractivity contribution in [3.8, 4) is 0 Å². The summed E-state index contributed by atoms with van der Waals surface area (Å²) in [5.41, 5.74) is 0. The summed E-state index contributed by atoms with van der Waals surface area (Å²) >= 11 is 0. The maximum Gasteiger partial charge on any atom is 0.306 e. The molecule has 6 heteroatoms. The first-order chi connectivity index (χ1) is 39.0. The highest BCUT2D eigenvalue weighted by molar-refractivity contribution is 5.71. The van der Waals surface area contributed by atoms with E-state index in [1.165, 1.54) is 38.5 Å². The first kappa shape index (κ1) is 73.5. The van der Waals surface area contributed by atoms with Crippen LogP contribution in [-0.4, -0.2) is 37.2 Å². The summed E-state index contributed by atoms with van der Waals surface area (Å²) in [5.74, 6) is -1.05. The second-order valence-corrected chi connectivity index (χ2v) is 19.8. The van der Waals surface area contributed by atoms with Gasteiger partial charge in [0.15, 0.2) is 6.10 Å². The summed E-state index contributed by atoms with van der Waals surface area (Å²) in [6.07, 6.45) is 97.7. The Balaban J connectivity index is 4.43. The van der Waals surface area contributed by atoms with E-state index in [9.17, 15) is 14.4 Å². The van der Waals surface area contributed by atoms with Crippen molar-refractivity contribution >= 4 is 17.9 Å². The predicted octanol–water partition coefficient (Wildman–Crippen LogP) is 21.7. The standard InChI is InChI=1S/C73H112O6/c1-4-7-10-13-16-19-22-24-26-28-30-31-32-33-34-35-36-37-38-39-40-41-43-44-46-48-51-54-57-60-63-66-72(75)78-69-70(68-77-71(74)65-62-59-56-53-50-21-18-15-12-9-6-3)79-73(76)67-64-61-58-55-52-49-47-45-42-29-27-25-23-20-17-14-11-8-5-2/h7-8,10-11,15-20,24-27,30-31,33-34,36-37,39-40,42-45,49,52,58,61,70H,4-6,9,12-14,21-23,28-29,32,35,38,41,46-48,50-51,53-57,59-60,62-69H2,1-3H3/b10-7-,11-8-,18-15-,19-16-,20-17-,26-24-,27-25-,31-30-,34-33-,37-36-,40-39-,44-43-,45-42-,52-49-,61-58-. The van der Waals surface area contributed by atoms with Crippen molar-refractivity contribution in [2.45, 2.75) is 245 Å². The number of unbranched alkanes of at least 4 members (excludes halogenated alkanes) is 13. The fraction of sp³-hybridized carbons (Fsp3) is 0.548. The Labute approximate surface area is 484 Å². The van der Waals surface area contributed by atoms with Gasteiger partial charge in [-0.3, -0.25) is 14.4 Å². The average Bonchev–Trinajstić information content (AvgIpc) is 3.45. The summed E-state index contributed by atoms with van der Waals surface area (Å²) in [4.78, 5) is 38.2. The van der Waals surface area contributed by atoms with Gasteiger partial charge in [0, 0.05) is 19.3 Å². The summed E-state index contributed by atoms with van der Waals surface area (Å²) in [5, 5.41) is 0. The van der Waals surface area contributed by atoms with Gasteiger partial charge in [0.1, 0.15) is 13.2 Å². The molecule has 0 rings (SSSR count). The molecule has 0 saturated carbocycles. The van der Waals surface area contributed by atoms with Gasteiger partial charge >= 0.3 is 17.9 Å². The van der Waals surface area contributed by atoms with Crippen LogP contribution in [0, 0.1) is 0 Å². The highest BCUT2D eigenvalue weighted by Gasteiger charge is 2.19. The minimum atomic E-state index is -0.838. The molecule has 0 heterocycles. The highest BCUT2D eigenvalue weighted by Crippen LogP contribution is 2.13. The highest BCUT2D eigenvalue weighted by atomic mass is 16.6. The lowest BCUT2D eigenvalue weighted by Gasteiger charge is -2.18. The third-order valence-electron chi connectivity index (χ3n) is 12.4. The van der Waals surface area contributed by atoms with E-state index in [4.69, 9.17) is 14.2 Å². The van der Waals surface area contributed by atoms with E-state index in [1.807, 2.05) is 12.2 Å². The fourth-order valence-electron chi connectivity index (χ4n) is 7.76. The van der Waals surface area contributed by atoms with Crippen molar-refractivity contribution in [2.75, 3.05) is 13.2 Å². The number of rotatable bonds is 54. The average molecular weight is 1090 g/mol. The van der Waals surface area contributed by atoms with Crippen LogP contribution in [0.3, 0.4) is 0 Å². The Morgan fingerprint density at radius 1 is 0.266 bits per heavy atom. The zero-order valence-corrected chi connectivity index (χ0v) is 50.3. The Kier molecular flexibility index (Phi) is 60.5. The minimum absolute atomic E-state index is 0.126. The largest absolute Gasteiger partial charge is 0.462 e. The summed E-state index contributed by atoms with van der Waals surface area (Å²) < 4.78 is 16.8. The van der Waals surface area contributed by atoms with Gasteiger partial charge < -0.3 is 14.2 Å². The first-order valence-corrected chi connectivity index (χ1v) is 31.3. The van der Waals surface area contributed by atoms with E-state index in [1.54, 1.807) is 0 Å². The third kappa shape index (κ3) is 63.2. The van der Waals surface area contributed by atoms with Crippen LogP contribution in [0.1, 0.15) is 239 Å². The molecular formula is C73H112O6. The number of carbonyl (C=O) groups excluding carboxylic acids is 3. The van der Waals surface area contributed by atoms with Crippen LogP contribution in [0.4, 0.5) is 0 Å². The summed E-state index contributed by atoms with van der Waals surface area (Å²) in [7, 11) is 0. The molecular weight excluding hydrogens is 973 g/mol. The quantitative estimate of drug-likeness (QED) is 0.0261. The molecule has 0 amide bonds. The van der Waals surface area contributed by atoms with Gasteiger partial charge in [-0.05, 0) is 141 Å². The lowest BCUT2D eigenvalue weighted by molar-refractivity contribution is -0.166. The zero-order valence-electron chi connectivity index (χ0n) is 50.3. The van der Waals surface area contributed by atoms with Crippen molar-refractivity contribution < 1.29 is 28.6 Å². The zero-order chi connectivity index (χ0) is 57.1. The molecule has 0 radical (unpaired) electrons. The van der Waals surface area contributed by atoms with Crippen LogP contribution in [0.15, 0.2) is 182 Å². The number of hydrogen-bond acceptors (Lipinski definition) is 6. The summed E-state index contributed by atoms with van der Waals surface area (Å²) in [6.45, 7) is 6.27. The molecule has 0 spiro atoms. The topological polar surface area (TPSA) is 78.9 Å². The van der Waals surface area contributed by atoms with Gasteiger partial charge in [0.25, 0.3) is 0 Å². The van der Waals surface area contributed by atoms with E-state index in [-0.39, 0.29) is 31.6 Å². The molecule has 0 aromatic rings. The molecule has 0 aromatic heterocycles. The van der Waals surface area contributed by atoms with E-state index in [2.05, 4.69) is 191 Å². The van der Waals surface area contributed by atoms with Gasteiger partial charge in [-0.15, -0.1) is 0 Å². The maximum absolute atomic E-state index is 12.8. The molecule has 1 unspecified atom stereocenters. The van der Waals surface area contributed by atoms with Crippen molar-refractivity contribution in [1.82, 2.24) is 0 Å². The Bertz CT molecular complexity index is 1870. The van der Waals surface area contributed by atoms with Gasteiger partial charge in [-0.1, -0.05) is 261 Å². The van der Waals surface area contributed by atoms with Crippen molar-refractivity contribution in [2.24, 2.45) is 0 Å². The second-order valence-electron chi connectivity index (χ2n) is 19.8. The van der Waals surface area contributed by atoms with E-state index in [0.717, 1.165) is 154 Å². The number of esters is 3. The molecule has 0 N–H and O–H groups in total. The molecule has 0 aliphatic heterocycles. The summed E-state index contributed by atoms with van der Waals surface area (Å²) in [6, 6.07) is 0. The van der Waals surface area contributed by atoms with Crippen LogP contribution in [0.2, 0.25) is 0 Å². The van der Waals surface area contributed by atoms with E-state index < -0.39 is 12.1 Å². The van der Waals surface area contributed by atoms with Crippen LogP contribution >= 0.6 is 0 Å². The molecule has 79 heavy (non-hydrogen) atoms. The lowest BCUT2D eigenvalue weighted by Crippen LogP contribution is -2.30. The number of allylic oxidation sites excluding steroid dienone is 30. The monoisotopic (exact) mass is 1080 g/mol. The molecule has 440 valence electrons. The molecule has 0 fully saturated rings. The lowest BCUT2D eigenvalue weighted by atomic mass is 10.1. The molecule has 6 nitrogen and oxygen atoms in total. The van der Waals surface area contributed by atoms with Crippen molar-refractivity contribution in [3.63, 3.8) is 0 Å². The van der Waals surface area contributed by atoms with Gasteiger partial charge in [-0.25, -0.2) is 0 Å². The minimum Gasteiger partial charge on any atom is -0.462 e. The van der Waals surface area contributed by atoms with Gasteiger partial charge in [0.2, 0.25) is 0 Å².